The van der Waals surface area contributed by atoms with E-state index in [9.17, 15) is 0 Å². The van der Waals surface area contributed by atoms with Gasteiger partial charge >= 0.3 is 0 Å². The van der Waals surface area contributed by atoms with Gasteiger partial charge in [0.15, 0.2) is 5.17 Å². The van der Waals surface area contributed by atoms with Crippen LogP contribution in [-0.4, -0.2) is 21.7 Å². The normalized spacial score (nSPS) is 10.1. The van der Waals surface area contributed by atoms with Crippen molar-refractivity contribution in [3.05, 3.63) is 30.1 Å². The maximum atomic E-state index is 8.20. The second kappa shape index (κ2) is 6.88. The summed E-state index contributed by atoms with van der Waals surface area (Å²) in [5.41, 5.74) is 0.465. The Morgan fingerprint density at radius 3 is 2.58 bits per heavy atom. The third-order valence-electron chi connectivity index (χ3n) is 0.964. The Labute approximate surface area is 80.6 Å². The molecule has 12 heavy (non-hydrogen) atoms. The van der Waals surface area contributed by atoms with Gasteiger partial charge in [-0.2, -0.15) is 0 Å². The minimum absolute atomic E-state index is 0.000556. The molecule has 5 heteroatoms. The fourth-order valence-corrected chi connectivity index (χ4v) is 0.648. The largest absolute Gasteiger partial charge is 0.410 e. The number of hydrogen-bond donors (Lipinski definition) is 1. The van der Waals surface area contributed by atoms with Crippen molar-refractivity contribution in [3.8, 4) is 0 Å². The van der Waals surface area contributed by atoms with E-state index in [1.54, 1.807) is 24.4 Å². The van der Waals surface area contributed by atoms with Gasteiger partial charge in [-0.15, -0.1) is 11.6 Å². The number of hydrogen-bond acceptors (Lipinski definition) is 3. The third kappa shape index (κ3) is 3.55. The summed E-state index contributed by atoms with van der Waals surface area (Å²) < 4.78 is 0. The lowest BCUT2D eigenvalue weighted by Gasteiger charge is -1.90. The first-order valence-corrected chi connectivity index (χ1v) is 4.14. The van der Waals surface area contributed by atoms with Gasteiger partial charge in [-0.3, -0.25) is 4.98 Å². The van der Waals surface area contributed by atoms with Crippen molar-refractivity contribution in [2.45, 2.75) is 0 Å². The highest BCUT2D eigenvalue weighted by Gasteiger charge is 1.97. The number of nitrogens with zero attached hydrogens (tertiary/aromatic N) is 2. The van der Waals surface area contributed by atoms with E-state index in [-0.39, 0.29) is 5.17 Å². The van der Waals surface area contributed by atoms with Gasteiger partial charge in [-0.1, -0.05) is 22.8 Å². The van der Waals surface area contributed by atoms with E-state index in [1.807, 2.05) is 0 Å². The number of aromatic nitrogens is 1. The van der Waals surface area contributed by atoms with E-state index in [0.717, 1.165) is 0 Å². The van der Waals surface area contributed by atoms with Gasteiger partial charge in [-0.25, -0.2) is 0 Å². The molecule has 0 saturated heterocycles. The van der Waals surface area contributed by atoms with Crippen LogP contribution in [0.1, 0.15) is 5.69 Å². The second-order valence-corrected chi connectivity index (χ2v) is 1.96. The summed E-state index contributed by atoms with van der Waals surface area (Å²) in [5, 5.41) is 11.0. The van der Waals surface area contributed by atoms with Crippen molar-refractivity contribution in [1.29, 1.82) is 0 Å². The molecule has 1 aromatic heterocycles. The van der Waals surface area contributed by atoms with Gasteiger partial charge in [0, 0.05) is 12.6 Å². The van der Waals surface area contributed by atoms with Crippen LogP contribution >= 0.6 is 23.2 Å². The van der Waals surface area contributed by atoms with Crippen LogP contribution in [0.15, 0.2) is 29.6 Å². The molecule has 0 aliphatic rings. The molecular formula is C7H8Cl2N2O. The summed E-state index contributed by atoms with van der Waals surface area (Å²) >= 11 is 10.1. The topological polar surface area (TPSA) is 45.5 Å². The lowest BCUT2D eigenvalue weighted by Crippen LogP contribution is -1.93. The van der Waals surface area contributed by atoms with Crippen LogP contribution in [0.3, 0.4) is 0 Å². The zero-order chi connectivity index (χ0) is 9.40. The number of halogens is 2. The molecule has 0 aromatic carbocycles. The predicted molar refractivity (Wildman–Crippen MR) is 50.2 cm³/mol. The van der Waals surface area contributed by atoms with Gasteiger partial charge in [0.05, 0.1) is 0 Å². The minimum atomic E-state index is 0.000556. The quantitative estimate of drug-likeness (QED) is 0.332. The van der Waals surface area contributed by atoms with Crippen LogP contribution in [0.25, 0.3) is 0 Å². The molecule has 1 aromatic rings. The van der Waals surface area contributed by atoms with Crippen LogP contribution in [0, 0.1) is 0 Å². The molecule has 0 bridgehead atoms. The summed E-state index contributed by atoms with van der Waals surface area (Å²) in [4.78, 5) is 3.83. The average molecular weight is 207 g/mol. The molecule has 1 N–H and O–H groups in total. The summed E-state index contributed by atoms with van der Waals surface area (Å²) in [7, 11) is 0. The molecule has 0 saturated carbocycles. The first-order chi connectivity index (χ1) is 5.84. The minimum Gasteiger partial charge on any atom is -0.410 e. The van der Waals surface area contributed by atoms with E-state index < -0.39 is 0 Å². The highest BCUT2D eigenvalue weighted by molar-refractivity contribution is 6.69. The highest BCUT2D eigenvalue weighted by Crippen LogP contribution is 1.98. The Morgan fingerprint density at radius 2 is 2.17 bits per heavy atom. The number of oxime groups is 1. The highest BCUT2D eigenvalue weighted by atomic mass is 35.5. The molecule has 3 nitrogen and oxygen atoms in total. The van der Waals surface area contributed by atoms with Gasteiger partial charge in [0.25, 0.3) is 0 Å². The molecule has 0 spiro atoms. The summed E-state index contributed by atoms with van der Waals surface area (Å²) in [6.45, 7) is 0. The Bertz CT molecular complexity index is 238. The van der Waals surface area contributed by atoms with Crippen LogP contribution in [0.2, 0.25) is 0 Å². The number of alkyl halides is 1. The fraction of sp³-hybridized carbons (Fsp3) is 0.143. The van der Waals surface area contributed by atoms with E-state index >= 15 is 0 Å². The second-order valence-electron chi connectivity index (χ2n) is 1.61. The Balaban J connectivity index is 0.000000561. The Hall–Kier alpha value is -0.800. The van der Waals surface area contributed by atoms with Crippen molar-refractivity contribution in [2.24, 2.45) is 5.16 Å². The Kier molecular flexibility index (Phi) is 6.42. The standard InChI is InChI=1S/C6H5ClN2O.CH3Cl/c7-6(9-10)5-3-1-2-4-8-5;1-2/h1-4,10H;1H3/b9-6-;. The first kappa shape index (κ1) is 11.2. The smallest absolute Gasteiger partial charge is 0.193 e. The summed E-state index contributed by atoms with van der Waals surface area (Å²) in [5.74, 6) is 0. The van der Waals surface area contributed by atoms with E-state index in [0.29, 0.717) is 5.69 Å². The van der Waals surface area contributed by atoms with Gasteiger partial charge < -0.3 is 5.21 Å². The monoisotopic (exact) mass is 206 g/mol. The maximum Gasteiger partial charge on any atom is 0.193 e. The SMILES string of the molecule is CCl.O/N=C(\Cl)c1ccccn1. The van der Waals surface area contributed by atoms with Gasteiger partial charge in [-0.05, 0) is 12.1 Å². The molecule has 0 aliphatic carbocycles. The van der Waals surface area contributed by atoms with Crippen molar-refractivity contribution in [2.75, 3.05) is 6.38 Å². The lowest BCUT2D eigenvalue weighted by molar-refractivity contribution is 0.320. The zero-order valence-electron chi connectivity index (χ0n) is 6.41. The molecule has 0 radical (unpaired) electrons. The van der Waals surface area contributed by atoms with Crippen LogP contribution in [0.4, 0.5) is 0 Å². The molecule has 0 unspecified atom stereocenters. The lowest BCUT2D eigenvalue weighted by atomic mass is 10.4. The van der Waals surface area contributed by atoms with E-state index in [1.165, 1.54) is 6.38 Å². The molecule has 66 valence electrons. The van der Waals surface area contributed by atoms with Crippen LogP contribution < -0.4 is 0 Å². The molecule has 0 aliphatic heterocycles. The number of pyridine rings is 1. The molecule has 0 fully saturated rings. The average Bonchev–Trinajstić information content (AvgIpc) is 2.21. The van der Waals surface area contributed by atoms with Crippen LogP contribution in [-0.2, 0) is 0 Å². The van der Waals surface area contributed by atoms with Crippen LogP contribution in [0.5, 0.6) is 0 Å². The molecule has 0 atom stereocenters. The van der Waals surface area contributed by atoms with Gasteiger partial charge in [0.1, 0.15) is 5.69 Å². The molecule has 1 rings (SSSR count). The van der Waals surface area contributed by atoms with E-state index in [4.69, 9.17) is 16.8 Å². The van der Waals surface area contributed by atoms with Crippen molar-refractivity contribution >= 4 is 28.4 Å². The van der Waals surface area contributed by atoms with Gasteiger partial charge in [0.2, 0.25) is 0 Å². The number of rotatable bonds is 1. The van der Waals surface area contributed by atoms with Crippen molar-refractivity contribution < 1.29 is 5.21 Å². The van der Waals surface area contributed by atoms with Crippen molar-refractivity contribution in [1.82, 2.24) is 4.98 Å². The Morgan fingerprint density at radius 1 is 1.50 bits per heavy atom. The maximum absolute atomic E-state index is 8.20. The third-order valence-corrected chi connectivity index (χ3v) is 1.23. The fourth-order valence-electron chi connectivity index (χ4n) is 0.536. The zero-order valence-corrected chi connectivity index (χ0v) is 7.92. The molecular weight excluding hydrogens is 199 g/mol. The predicted octanol–water partition coefficient (Wildman–Crippen LogP) is 2.31. The molecule has 0 amide bonds. The molecule has 1 heterocycles. The first-order valence-electron chi connectivity index (χ1n) is 3.01. The summed E-state index contributed by atoms with van der Waals surface area (Å²) in [6, 6.07) is 5.17. The van der Waals surface area contributed by atoms with E-state index in [2.05, 4.69) is 21.7 Å². The summed E-state index contributed by atoms with van der Waals surface area (Å²) in [6.07, 6.45) is 3.04. The van der Waals surface area contributed by atoms with Crippen molar-refractivity contribution in [3.63, 3.8) is 0 Å².